The maximum Gasteiger partial charge on any atom is 0.392 e. The smallest absolute Gasteiger partial charge is 0.271 e. The molecule has 0 spiro atoms. The zero-order chi connectivity index (χ0) is 14.8. The summed E-state index contributed by atoms with van der Waals surface area (Å²) in [5, 5.41) is 0. The molecule has 0 aliphatic heterocycles. The summed E-state index contributed by atoms with van der Waals surface area (Å²) in [6, 6.07) is 1.29. The standard InChI is InChI=1S/C14H20F3N3/c1-9-6-7-19-8-11(9)13(20-18)10-4-2-3-5-12(10)14(15,16)17/h6-8,10,12-13,20H,2-5,18H2,1H3. The van der Waals surface area contributed by atoms with Crippen LogP contribution in [0.25, 0.3) is 0 Å². The van der Waals surface area contributed by atoms with Gasteiger partial charge in [0, 0.05) is 12.4 Å². The zero-order valence-corrected chi connectivity index (χ0v) is 11.5. The third-order valence-corrected chi connectivity index (χ3v) is 4.26. The van der Waals surface area contributed by atoms with E-state index in [0.29, 0.717) is 12.8 Å². The van der Waals surface area contributed by atoms with Crippen molar-refractivity contribution in [3.63, 3.8) is 0 Å². The van der Waals surface area contributed by atoms with Gasteiger partial charge in [0.05, 0.1) is 12.0 Å². The van der Waals surface area contributed by atoms with Crippen LogP contribution in [0.5, 0.6) is 0 Å². The average Bonchev–Trinajstić information content (AvgIpc) is 2.41. The van der Waals surface area contributed by atoms with Crippen LogP contribution in [0.3, 0.4) is 0 Å². The second-order valence-electron chi connectivity index (χ2n) is 5.47. The van der Waals surface area contributed by atoms with Crippen LogP contribution in [-0.2, 0) is 0 Å². The fourth-order valence-corrected chi connectivity index (χ4v) is 3.21. The van der Waals surface area contributed by atoms with Crippen LogP contribution < -0.4 is 11.3 Å². The van der Waals surface area contributed by atoms with E-state index >= 15 is 0 Å². The van der Waals surface area contributed by atoms with E-state index in [0.717, 1.165) is 17.5 Å². The Kier molecular flexibility index (Phi) is 4.65. The third-order valence-electron chi connectivity index (χ3n) is 4.26. The van der Waals surface area contributed by atoms with E-state index in [-0.39, 0.29) is 6.42 Å². The van der Waals surface area contributed by atoms with Crippen molar-refractivity contribution >= 4 is 0 Å². The molecule has 6 heteroatoms. The molecule has 0 radical (unpaired) electrons. The molecule has 1 heterocycles. The van der Waals surface area contributed by atoms with Crippen molar-refractivity contribution in [1.29, 1.82) is 0 Å². The molecule has 1 aromatic heterocycles. The van der Waals surface area contributed by atoms with Crippen molar-refractivity contribution in [2.45, 2.75) is 44.8 Å². The second kappa shape index (κ2) is 6.10. The van der Waals surface area contributed by atoms with Crippen LogP contribution in [0.2, 0.25) is 0 Å². The lowest BCUT2D eigenvalue weighted by Gasteiger charge is -2.38. The topological polar surface area (TPSA) is 50.9 Å². The largest absolute Gasteiger partial charge is 0.392 e. The Morgan fingerprint density at radius 1 is 1.35 bits per heavy atom. The number of hydrazine groups is 1. The fraction of sp³-hybridized carbons (Fsp3) is 0.643. The molecular formula is C14H20F3N3. The molecule has 112 valence electrons. The van der Waals surface area contributed by atoms with Gasteiger partial charge in [-0.15, -0.1) is 0 Å². The van der Waals surface area contributed by atoms with Crippen molar-refractivity contribution in [3.8, 4) is 0 Å². The Labute approximate surface area is 116 Å². The molecule has 0 saturated heterocycles. The molecule has 3 unspecified atom stereocenters. The van der Waals surface area contributed by atoms with Crippen LogP contribution in [-0.4, -0.2) is 11.2 Å². The molecule has 0 bridgehead atoms. The van der Waals surface area contributed by atoms with Crippen molar-refractivity contribution in [2.24, 2.45) is 17.7 Å². The monoisotopic (exact) mass is 287 g/mol. The van der Waals surface area contributed by atoms with Gasteiger partial charge in [0.25, 0.3) is 0 Å². The first-order valence-corrected chi connectivity index (χ1v) is 6.88. The molecule has 20 heavy (non-hydrogen) atoms. The first-order valence-electron chi connectivity index (χ1n) is 6.88. The summed E-state index contributed by atoms with van der Waals surface area (Å²) in [6.45, 7) is 1.87. The van der Waals surface area contributed by atoms with E-state index in [2.05, 4.69) is 10.4 Å². The molecule has 0 aromatic carbocycles. The maximum atomic E-state index is 13.2. The molecule has 3 atom stereocenters. The van der Waals surface area contributed by atoms with Crippen LogP contribution in [0.4, 0.5) is 13.2 Å². The van der Waals surface area contributed by atoms with Gasteiger partial charge in [0.15, 0.2) is 0 Å². The minimum Gasteiger partial charge on any atom is -0.271 e. The van der Waals surface area contributed by atoms with Gasteiger partial charge < -0.3 is 0 Å². The highest BCUT2D eigenvalue weighted by molar-refractivity contribution is 5.26. The van der Waals surface area contributed by atoms with E-state index in [1.165, 1.54) is 0 Å². The van der Waals surface area contributed by atoms with Gasteiger partial charge in [-0.3, -0.25) is 16.3 Å². The highest BCUT2D eigenvalue weighted by atomic mass is 19.4. The maximum absolute atomic E-state index is 13.2. The van der Waals surface area contributed by atoms with E-state index < -0.39 is 24.1 Å². The Balaban J connectivity index is 2.32. The summed E-state index contributed by atoms with van der Waals surface area (Å²) in [4.78, 5) is 4.02. The minimum absolute atomic E-state index is 0.186. The lowest BCUT2D eigenvalue weighted by molar-refractivity contribution is -0.199. The highest BCUT2D eigenvalue weighted by Crippen LogP contribution is 2.46. The predicted molar refractivity (Wildman–Crippen MR) is 70.5 cm³/mol. The molecule has 3 N–H and O–H groups in total. The molecule has 1 fully saturated rings. The molecule has 1 saturated carbocycles. The average molecular weight is 287 g/mol. The summed E-state index contributed by atoms with van der Waals surface area (Å²) >= 11 is 0. The lowest BCUT2D eigenvalue weighted by atomic mass is 9.73. The molecule has 1 aliphatic rings. The number of halogens is 3. The van der Waals surface area contributed by atoms with Crippen molar-refractivity contribution in [1.82, 2.24) is 10.4 Å². The van der Waals surface area contributed by atoms with Gasteiger partial charge in [-0.05, 0) is 42.9 Å². The first-order chi connectivity index (χ1) is 9.45. The second-order valence-corrected chi connectivity index (χ2v) is 5.47. The summed E-state index contributed by atoms with van der Waals surface area (Å²) < 4.78 is 39.7. The number of aryl methyl sites for hydroxylation is 1. The number of alkyl halides is 3. The third kappa shape index (κ3) is 3.12. The van der Waals surface area contributed by atoms with Gasteiger partial charge in [-0.1, -0.05) is 12.8 Å². The zero-order valence-electron chi connectivity index (χ0n) is 11.5. The van der Waals surface area contributed by atoms with Crippen molar-refractivity contribution in [2.75, 3.05) is 0 Å². The molecular weight excluding hydrogens is 267 g/mol. The van der Waals surface area contributed by atoms with Crippen LogP contribution in [0, 0.1) is 18.8 Å². The van der Waals surface area contributed by atoms with Crippen molar-refractivity contribution < 1.29 is 13.2 Å². The Bertz CT molecular complexity index is 448. The Morgan fingerprint density at radius 3 is 2.65 bits per heavy atom. The molecule has 2 rings (SSSR count). The molecule has 0 amide bonds. The van der Waals surface area contributed by atoms with E-state index in [4.69, 9.17) is 5.84 Å². The number of nitrogens with zero attached hydrogens (tertiary/aromatic N) is 1. The summed E-state index contributed by atoms with van der Waals surface area (Å²) in [5.74, 6) is 3.74. The highest BCUT2D eigenvalue weighted by Gasteiger charge is 2.48. The van der Waals surface area contributed by atoms with Gasteiger partial charge in [0.2, 0.25) is 0 Å². The molecule has 1 aliphatic carbocycles. The first kappa shape index (κ1) is 15.3. The van der Waals surface area contributed by atoms with E-state index in [1.807, 2.05) is 6.92 Å². The van der Waals surface area contributed by atoms with E-state index in [9.17, 15) is 13.2 Å². The van der Waals surface area contributed by atoms with Gasteiger partial charge >= 0.3 is 6.18 Å². The normalized spacial score (nSPS) is 25.4. The van der Waals surface area contributed by atoms with Crippen LogP contribution >= 0.6 is 0 Å². The van der Waals surface area contributed by atoms with Crippen molar-refractivity contribution in [3.05, 3.63) is 29.6 Å². The number of rotatable bonds is 3. The summed E-state index contributed by atoms with van der Waals surface area (Å²) in [7, 11) is 0. The number of nitrogens with two attached hydrogens (primary N) is 1. The van der Waals surface area contributed by atoms with Crippen LogP contribution in [0.1, 0.15) is 42.9 Å². The summed E-state index contributed by atoms with van der Waals surface area (Å²) in [5.41, 5.74) is 4.26. The van der Waals surface area contributed by atoms with Crippen LogP contribution in [0.15, 0.2) is 18.5 Å². The quantitative estimate of drug-likeness (QED) is 0.662. The fourth-order valence-electron chi connectivity index (χ4n) is 3.21. The summed E-state index contributed by atoms with van der Waals surface area (Å²) in [6.07, 6.45) is 1.24. The van der Waals surface area contributed by atoms with Gasteiger partial charge in [-0.2, -0.15) is 13.2 Å². The minimum atomic E-state index is -4.17. The number of nitrogens with one attached hydrogen (secondary N) is 1. The number of hydrogen-bond donors (Lipinski definition) is 2. The Hall–Kier alpha value is -1.14. The Morgan fingerprint density at radius 2 is 2.05 bits per heavy atom. The number of aromatic nitrogens is 1. The predicted octanol–water partition coefficient (Wildman–Crippen LogP) is 3.26. The number of hydrogen-bond acceptors (Lipinski definition) is 3. The SMILES string of the molecule is Cc1ccncc1C(NN)C1CCCCC1C(F)(F)F. The van der Waals surface area contributed by atoms with Gasteiger partial charge in [0.1, 0.15) is 0 Å². The lowest BCUT2D eigenvalue weighted by Crippen LogP contribution is -2.43. The number of pyridine rings is 1. The van der Waals surface area contributed by atoms with E-state index in [1.54, 1.807) is 18.5 Å². The molecule has 1 aromatic rings. The van der Waals surface area contributed by atoms with Gasteiger partial charge in [-0.25, -0.2) is 0 Å². The molecule has 3 nitrogen and oxygen atoms in total.